The SMILES string of the molecule is Cc1ccccc1CSc1c(C#N)cnc2ccccc12. The van der Waals surface area contributed by atoms with Gasteiger partial charge in [-0.2, -0.15) is 5.26 Å². The van der Waals surface area contributed by atoms with Crippen molar-refractivity contribution >= 4 is 22.7 Å². The van der Waals surface area contributed by atoms with E-state index in [0.29, 0.717) is 5.56 Å². The van der Waals surface area contributed by atoms with Crippen molar-refractivity contribution in [3.63, 3.8) is 0 Å². The summed E-state index contributed by atoms with van der Waals surface area (Å²) in [6.45, 7) is 2.12. The van der Waals surface area contributed by atoms with Crippen molar-refractivity contribution < 1.29 is 0 Å². The monoisotopic (exact) mass is 290 g/mol. The summed E-state index contributed by atoms with van der Waals surface area (Å²) in [4.78, 5) is 5.37. The Morgan fingerprint density at radius 1 is 1.10 bits per heavy atom. The van der Waals surface area contributed by atoms with E-state index in [2.05, 4.69) is 36.2 Å². The molecule has 102 valence electrons. The standard InChI is InChI=1S/C18H14N2S/c1-13-6-2-3-7-14(13)12-21-18-15(10-19)11-20-17-9-5-4-8-16(17)18/h2-9,11H,12H2,1H3. The second-order valence-corrected chi connectivity index (χ2v) is 5.83. The van der Waals surface area contributed by atoms with E-state index in [-0.39, 0.29) is 0 Å². The Balaban J connectivity index is 2.00. The Labute approximate surface area is 128 Å². The molecule has 3 heteroatoms. The number of hydrogen-bond acceptors (Lipinski definition) is 3. The first kappa shape index (κ1) is 13.7. The highest BCUT2D eigenvalue weighted by Gasteiger charge is 2.09. The quantitative estimate of drug-likeness (QED) is 0.656. The molecule has 0 amide bonds. The van der Waals surface area contributed by atoms with Gasteiger partial charge in [-0.3, -0.25) is 4.98 Å². The summed E-state index contributed by atoms with van der Waals surface area (Å²) in [6, 6.07) is 18.6. The van der Waals surface area contributed by atoms with Gasteiger partial charge >= 0.3 is 0 Å². The molecule has 0 saturated heterocycles. The predicted molar refractivity (Wildman–Crippen MR) is 87.2 cm³/mol. The van der Waals surface area contributed by atoms with Crippen molar-refractivity contribution in [1.29, 1.82) is 5.26 Å². The number of aryl methyl sites for hydroxylation is 1. The van der Waals surface area contributed by atoms with E-state index < -0.39 is 0 Å². The highest BCUT2D eigenvalue weighted by Crippen LogP contribution is 2.32. The van der Waals surface area contributed by atoms with E-state index in [1.54, 1.807) is 18.0 Å². The molecule has 0 fully saturated rings. The zero-order valence-corrected chi connectivity index (χ0v) is 12.5. The van der Waals surface area contributed by atoms with Crippen LogP contribution in [0.25, 0.3) is 10.9 Å². The molecule has 2 nitrogen and oxygen atoms in total. The number of hydrogen-bond donors (Lipinski definition) is 0. The molecule has 1 heterocycles. The van der Waals surface area contributed by atoms with Crippen molar-refractivity contribution in [3.05, 3.63) is 71.4 Å². The second kappa shape index (κ2) is 5.99. The van der Waals surface area contributed by atoms with E-state index in [9.17, 15) is 5.26 Å². The Kier molecular flexibility index (Phi) is 3.89. The summed E-state index contributed by atoms with van der Waals surface area (Å²) < 4.78 is 0. The van der Waals surface area contributed by atoms with Crippen LogP contribution in [0.1, 0.15) is 16.7 Å². The summed E-state index contributed by atoms with van der Waals surface area (Å²) in [5.41, 5.74) is 4.16. The van der Waals surface area contributed by atoms with Gasteiger partial charge in [0.2, 0.25) is 0 Å². The van der Waals surface area contributed by atoms with Crippen LogP contribution in [0.3, 0.4) is 0 Å². The molecule has 0 N–H and O–H groups in total. The molecule has 0 unspecified atom stereocenters. The molecule has 0 aliphatic heterocycles. The summed E-state index contributed by atoms with van der Waals surface area (Å²) in [7, 11) is 0. The normalized spacial score (nSPS) is 10.5. The summed E-state index contributed by atoms with van der Waals surface area (Å²) in [6.07, 6.45) is 1.67. The molecule has 0 radical (unpaired) electrons. The summed E-state index contributed by atoms with van der Waals surface area (Å²) >= 11 is 1.71. The first-order chi connectivity index (χ1) is 10.3. The van der Waals surface area contributed by atoms with Crippen LogP contribution in [0, 0.1) is 18.3 Å². The van der Waals surface area contributed by atoms with Gasteiger partial charge in [0.25, 0.3) is 0 Å². The van der Waals surface area contributed by atoms with Crippen LogP contribution >= 0.6 is 11.8 Å². The maximum Gasteiger partial charge on any atom is 0.102 e. The Bertz CT molecular complexity index is 834. The molecule has 0 saturated carbocycles. The lowest BCUT2D eigenvalue weighted by Crippen LogP contribution is -1.90. The fourth-order valence-electron chi connectivity index (χ4n) is 2.27. The van der Waals surface area contributed by atoms with E-state index in [4.69, 9.17) is 0 Å². The fraction of sp³-hybridized carbons (Fsp3) is 0.111. The first-order valence-corrected chi connectivity index (χ1v) is 7.73. The van der Waals surface area contributed by atoms with Crippen LogP contribution in [-0.4, -0.2) is 4.98 Å². The van der Waals surface area contributed by atoms with E-state index in [0.717, 1.165) is 21.6 Å². The average molecular weight is 290 g/mol. The van der Waals surface area contributed by atoms with Crippen molar-refractivity contribution in [3.8, 4) is 6.07 Å². The molecule has 3 aromatic rings. The molecule has 3 rings (SSSR count). The molecule has 0 aliphatic rings. The van der Waals surface area contributed by atoms with Crippen molar-refractivity contribution in [2.75, 3.05) is 0 Å². The highest BCUT2D eigenvalue weighted by atomic mass is 32.2. The zero-order chi connectivity index (χ0) is 14.7. The Morgan fingerprint density at radius 3 is 2.67 bits per heavy atom. The number of thioether (sulfide) groups is 1. The maximum absolute atomic E-state index is 9.33. The van der Waals surface area contributed by atoms with Gasteiger partial charge in [-0.15, -0.1) is 11.8 Å². The molecule has 21 heavy (non-hydrogen) atoms. The van der Waals surface area contributed by atoms with Crippen molar-refractivity contribution in [2.24, 2.45) is 0 Å². The minimum Gasteiger partial charge on any atom is -0.255 e. The topological polar surface area (TPSA) is 36.7 Å². The number of pyridine rings is 1. The molecule has 0 bridgehead atoms. The van der Waals surface area contributed by atoms with Crippen molar-refractivity contribution in [1.82, 2.24) is 4.98 Å². The molecule has 0 spiro atoms. The molecule has 1 aromatic heterocycles. The van der Waals surface area contributed by atoms with Crippen LogP contribution in [0.15, 0.2) is 59.6 Å². The number of fused-ring (bicyclic) bond motifs is 1. The zero-order valence-electron chi connectivity index (χ0n) is 11.7. The number of rotatable bonds is 3. The minimum absolute atomic E-state index is 0.646. The van der Waals surface area contributed by atoms with Crippen LogP contribution in [0.2, 0.25) is 0 Å². The molecule has 2 aromatic carbocycles. The smallest absolute Gasteiger partial charge is 0.102 e. The van der Waals surface area contributed by atoms with Crippen LogP contribution < -0.4 is 0 Å². The van der Waals surface area contributed by atoms with Gasteiger partial charge in [-0.1, -0.05) is 42.5 Å². The molecular weight excluding hydrogens is 276 g/mol. The highest BCUT2D eigenvalue weighted by molar-refractivity contribution is 7.98. The lowest BCUT2D eigenvalue weighted by atomic mass is 10.1. The number of aromatic nitrogens is 1. The second-order valence-electron chi connectivity index (χ2n) is 4.85. The first-order valence-electron chi connectivity index (χ1n) is 6.75. The lowest BCUT2D eigenvalue weighted by Gasteiger charge is -2.09. The minimum atomic E-state index is 0.646. The molecule has 0 aliphatic carbocycles. The van der Waals surface area contributed by atoms with E-state index >= 15 is 0 Å². The third-order valence-corrected chi connectivity index (χ3v) is 4.66. The fourth-order valence-corrected chi connectivity index (χ4v) is 3.48. The van der Waals surface area contributed by atoms with Gasteiger partial charge < -0.3 is 0 Å². The maximum atomic E-state index is 9.33. The number of benzene rings is 2. The van der Waals surface area contributed by atoms with E-state index in [1.165, 1.54) is 11.1 Å². The predicted octanol–water partition coefficient (Wildman–Crippen LogP) is 4.71. The number of nitrogens with zero attached hydrogens (tertiary/aromatic N) is 2. The van der Waals surface area contributed by atoms with Crippen LogP contribution in [-0.2, 0) is 5.75 Å². The number of nitriles is 1. The largest absolute Gasteiger partial charge is 0.255 e. The van der Waals surface area contributed by atoms with Crippen LogP contribution in [0.4, 0.5) is 0 Å². The van der Waals surface area contributed by atoms with Gasteiger partial charge in [0.15, 0.2) is 0 Å². The van der Waals surface area contributed by atoms with Crippen molar-refractivity contribution in [2.45, 2.75) is 17.6 Å². The van der Waals surface area contributed by atoms with Gasteiger partial charge in [0.1, 0.15) is 6.07 Å². The molecule has 0 atom stereocenters. The lowest BCUT2D eigenvalue weighted by molar-refractivity contribution is 1.28. The van der Waals surface area contributed by atoms with Gasteiger partial charge in [0.05, 0.1) is 11.1 Å². The Hall–Kier alpha value is -2.31. The molecular formula is C18H14N2S. The van der Waals surface area contributed by atoms with E-state index in [1.807, 2.05) is 30.3 Å². The van der Waals surface area contributed by atoms with Gasteiger partial charge in [-0.05, 0) is 24.1 Å². The Morgan fingerprint density at radius 2 is 1.86 bits per heavy atom. The van der Waals surface area contributed by atoms with Gasteiger partial charge in [-0.25, -0.2) is 0 Å². The average Bonchev–Trinajstić information content (AvgIpc) is 2.53. The number of para-hydroxylation sites is 1. The van der Waals surface area contributed by atoms with Crippen LogP contribution in [0.5, 0.6) is 0 Å². The third-order valence-electron chi connectivity index (χ3n) is 3.48. The summed E-state index contributed by atoms with van der Waals surface area (Å²) in [5, 5.41) is 10.4. The van der Waals surface area contributed by atoms with Gasteiger partial charge in [0, 0.05) is 22.2 Å². The third kappa shape index (κ3) is 2.76. The summed E-state index contributed by atoms with van der Waals surface area (Å²) in [5.74, 6) is 0.857.